The lowest BCUT2D eigenvalue weighted by atomic mass is 10.1. The molecular formula is C16H20ClN3. The number of hydrogen-bond donors (Lipinski definition) is 1. The third-order valence-corrected chi connectivity index (χ3v) is 4.48. The van der Waals surface area contributed by atoms with Crippen molar-refractivity contribution in [1.82, 2.24) is 14.9 Å². The van der Waals surface area contributed by atoms with Gasteiger partial charge in [0.2, 0.25) is 0 Å². The average molecular weight is 290 g/mol. The molecule has 4 heteroatoms. The summed E-state index contributed by atoms with van der Waals surface area (Å²) in [4.78, 5) is 4.36. The monoisotopic (exact) mass is 289 g/mol. The van der Waals surface area contributed by atoms with Gasteiger partial charge in [-0.15, -0.1) is 0 Å². The number of aryl methyl sites for hydroxylation is 1. The van der Waals surface area contributed by atoms with E-state index in [0.29, 0.717) is 6.04 Å². The van der Waals surface area contributed by atoms with Crippen LogP contribution in [0.4, 0.5) is 0 Å². The van der Waals surface area contributed by atoms with E-state index in [1.165, 1.54) is 18.5 Å². The Balaban J connectivity index is 1.94. The van der Waals surface area contributed by atoms with Crippen LogP contribution in [0, 0.1) is 6.92 Å². The standard InChI is InChI=1S/C16H20ClN3/c1-12-4-5-13(9-15(12)17)16-10-19-11-20(16)14-3-2-7-18-8-6-14/h4-5,9-11,14,18H,2-3,6-8H2,1H3. The molecule has 1 aliphatic rings. The Labute approximate surface area is 125 Å². The summed E-state index contributed by atoms with van der Waals surface area (Å²) in [5.41, 5.74) is 3.43. The van der Waals surface area contributed by atoms with Crippen molar-refractivity contribution in [1.29, 1.82) is 0 Å². The number of halogens is 1. The largest absolute Gasteiger partial charge is 0.327 e. The Morgan fingerprint density at radius 2 is 2.20 bits per heavy atom. The molecule has 1 aliphatic heterocycles. The van der Waals surface area contributed by atoms with E-state index in [9.17, 15) is 0 Å². The molecule has 3 nitrogen and oxygen atoms in total. The molecule has 1 unspecified atom stereocenters. The first kappa shape index (κ1) is 13.7. The predicted octanol–water partition coefficient (Wildman–Crippen LogP) is 3.83. The van der Waals surface area contributed by atoms with Crippen LogP contribution < -0.4 is 5.32 Å². The number of nitrogens with one attached hydrogen (secondary N) is 1. The first-order chi connectivity index (χ1) is 9.75. The maximum atomic E-state index is 6.26. The van der Waals surface area contributed by atoms with Crippen LogP contribution in [0.25, 0.3) is 11.3 Å². The first-order valence-electron chi connectivity index (χ1n) is 7.25. The van der Waals surface area contributed by atoms with Crippen LogP contribution in [0.2, 0.25) is 5.02 Å². The Morgan fingerprint density at radius 1 is 1.30 bits per heavy atom. The molecule has 2 heterocycles. The summed E-state index contributed by atoms with van der Waals surface area (Å²) >= 11 is 6.26. The van der Waals surface area contributed by atoms with Gasteiger partial charge in [0.05, 0.1) is 18.2 Å². The molecule has 1 fully saturated rings. The van der Waals surface area contributed by atoms with Gasteiger partial charge in [-0.25, -0.2) is 4.98 Å². The fourth-order valence-corrected chi connectivity index (χ4v) is 3.03. The van der Waals surface area contributed by atoms with Gasteiger partial charge < -0.3 is 9.88 Å². The molecular weight excluding hydrogens is 270 g/mol. The molecule has 1 aromatic carbocycles. The van der Waals surface area contributed by atoms with Crippen molar-refractivity contribution >= 4 is 11.6 Å². The summed E-state index contributed by atoms with van der Waals surface area (Å²) < 4.78 is 2.31. The lowest BCUT2D eigenvalue weighted by Crippen LogP contribution is -2.15. The molecule has 0 aliphatic carbocycles. The van der Waals surface area contributed by atoms with Crippen LogP contribution in [-0.4, -0.2) is 22.6 Å². The second-order valence-corrected chi connectivity index (χ2v) is 5.89. The van der Waals surface area contributed by atoms with Crippen molar-refractivity contribution < 1.29 is 0 Å². The zero-order valence-corrected chi connectivity index (χ0v) is 12.5. The zero-order valence-electron chi connectivity index (χ0n) is 11.8. The molecule has 0 saturated carbocycles. The summed E-state index contributed by atoms with van der Waals surface area (Å²) in [5.74, 6) is 0. The van der Waals surface area contributed by atoms with Gasteiger partial charge in [0.15, 0.2) is 0 Å². The van der Waals surface area contributed by atoms with E-state index >= 15 is 0 Å². The summed E-state index contributed by atoms with van der Waals surface area (Å²) in [5, 5.41) is 4.28. The fraction of sp³-hybridized carbons (Fsp3) is 0.438. The Kier molecular flexibility index (Phi) is 4.08. The van der Waals surface area contributed by atoms with E-state index in [1.807, 2.05) is 25.5 Å². The highest BCUT2D eigenvalue weighted by atomic mass is 35.5. The third kappa shape index (κ3) is 2.74. The molecule has 0 amide bonds. The lowest BCUT2D eigenvalue weighted by Gasteiger charge is -2.19. The van der Waals surface area contributed by atoms with Crippen LogP contribution in [0.5, 0.6) is 0 Å². The number of benzene rings is 1. The third-order valence-electron chi connectivity index (χ3n) is 4.07. The minimum atomic E-state index is 0.530. The zero-order chi connectivity index (χ0) is 13.9. The summed E-state index contributed by atoms with van der Waals surface area (Å²) in [7, 11) is 0. The van der Waals surface area contributed by atoms with Gasteiger partial charge >= 0.3 is 0 Å². The molecule has 1 aromatic heterocycles. The van der Waals surface area contributed by atoms with Gasteiger partial charge in [-0.05, 0) is 50.9 Å². The van der Waals surface area contributed by atoms with E-state index in [2.05, 4.69) is 27.0 Å². The van der Waals surface area contributed by atoms with Crippen molar-refractivity contribution in [3.05, 3.63) is 41.3 Å². The second-order valence-electron chi connectivity index (χ2n) is 5.48. The highest BCUT2D eigenvalue weighted by Crippen LogP contribution is 2.29. The normalized spacial score (nSPS) is 19.8. The highest BCUT2D eigenvalue weighted by Gasteiger charge is 2.17. The predicted molar refractivity (Wildman–Crippen MR) is 83.2 cm³/mol. The molecule has 3 rings (SSSR count). The van der Waals surface area contributed by atoms with Gasteiger partial charge in [-0.1, -0.05) is 23.7 Å². The van der Waals surface area contributed by atoms with Crippen molar-refractivity contribution in [2.75, 3.05) is 13.1 Å². The minimum absolute atomic E-state index is 0.530. The molecule has 20 heavy (non-hydrogen) atoms. The van der Waals surface area contributed by atoms with E-state index in [1.54, 1.807) is 0 Å². The number of aromatic nitrogens is 2. The van der Waals surface area contributed by atoms with E-state index in [4.69, 9.17) is 11.6 Å². The average Bonchev–Trinajstić information content (AvgIpc) is 2.77. The van der Waals surface area contributed by atoms with E-state index in [0.717, 1.165) is 35.7 Å². The van der Waals surface area contributed by atoms with Gasteiger partial charge in [0, 0.05) is 16.6 Å². The SMILES string of the molecule is Cc1ccc(-c2cncn2C2CCCNCC2)cc1Cl. The van der Waals surface area contributed by atoms with Crippen molar-refractivity contribution in [3.63, 3.8) is 0 Å². The molecule has 106 valence electrons. The fourth-order valence-electron chi connectivity index (χ4n) is 2.85. The smallest absolute Gasteiger partial charge is 0.0953 e. The highest BCUT2D eigenvalue weighted by molar-refractivity contribution is 6.31. The van der Waals surface area contributed by atoms with Crippen LogP contribution in [0.1, 0.15) is 30.9 Å². The Morgan fingerprint density at radius 3 is 3.05 bits per heavy atom. The number of rotatable bonds is 2. The molecule has 1 N–H and O–H groups in total. The number of hydrogen-bond acceptors (Lipinski definition) is 2. The quantitative estimate of drug-likeness (QED) is 0.911. The van der Waals surface area contributed by atoms with Gasteiger partial charge in [0.1, 0.15) is 0 Å². The second kappa shape index (κ2) is 5.98. The van der Waals surface area contributed by atoms with Gasteiger partial charge in [-0.3, -0.25) is 0 Å². The van der Waals surface area contributed by atoms with Crippen LogP contribution in [0.15, 0.2) is 30.7 Å². The van der Waals surface area contributed by atoms with Crippen LogP contribution in [0.3, 0.4) is 0 Å². The summed E-state index contributed by atoms with van der Waals surface area (Å²) in [6.07, 6.45) is 7.48. The molecule has 1 atom stereocenters. The molecule has 0 radical (unpaired) electrons. The van der Waals surface area contributed by atoms with Gasteiger partial charge in [0.25, 0.3) is 0 Å². The first-order valence-corrected chi connectivity index (χ1v) is 7.62. The van der Waals surface area contributed by atoms with Crippen molar-refractivity contribution in [2.24, 2.45) is 0 Å². The maximum Gasteiger partial charge on any atom is 0.0953 e. The Bertz CT molecular complexity index is 583. The molecule has 0 bridgehead atoms. The van der Waals surface area contributed by atoms with Crippen LogP contribution in [-0.2, 0) is 0 Å². The lowest BCUT2D eigenvalue weighted by molar-refractivity contribution is 0.457. The molecule has 2 aromatic rings. The van der Waals surface area contributed by atoms with Crippen LogP contribution >= 0.6 is 11.6 Å². The summed E-state index contributed by atoms with van der Waals surface area (Å²) in [6.45, 7) is 4.23. The number of nitrogens with zero attached hydrogens (tertiary/aromatic N) is 2. The van der Waals surface area contributed by atoms with Crippen molar-refractivity contribution in [3.8, 4) is 11.3 Å². The minimum Gasteiger partial charge on any atom is -0.327 e. The van der Waals surface area contributed by atoms with E-state index < -0.39 is 0 Å². The maximum absolute atomic E-state index is 6.26. The number of imidazole rings is 1. The van der Waals surface area contributed by atoms with Crippen molar-refractivity contribution in [2.45, 2.75) is 32.2 Å². The summed E-state index contributed by atoms with van der Waals surface area (Å²) in [6, 6.07) is 6.77. The molecule has 1 saturated heterocycles. The van der Waals surface area contributed by atoms with Gasteiger partial charge in [-0.2, -0.15) is 0 Å². The Hall–Kier alpha value is -1.32. The topological polar surface area (TPSA) is 29.9 Å². The molecule has 0 spiro atoms. The van der Waals surface area contributed by atoms with E-state index in [-0.39, 0.29) is 0 Å².